The van der Waals surface area contributed by atoms with Crippen molar-refractivity contribution >= 4 is 5.69 Å². The van der Waals surface area contributed by atoms with Gasteiger partial charge in [0.05, 0.1) is 13.2 Å². The van der Waals surface area contributed by atoms with Gasteiger partial charge in [-0.3, -0.25) is 0 Å². The van der Waals surface area contributed by atoms with Crippen LogP contribution in [0.4, 0.5) is 10.1 Å². The summed E-state index contributed by atoms with van der Waals surface area (Å²) in [4.78, 5) is 6.31. The van der Waals surface area contributed by atoms with Crippen molar-refractivity contribution in [3.05, 3.63) is 53.6 Å². The molecule has 3 heterocycles. The summed E-state index contributed by atoms with van der Waals surface area (Å²) in [6.07, 6.45) is 4.87. The molecule has 2 aliphatic heterocycles. The third-order valence-corrected chi connectivity index (χ3v) is 4.68. The first-order valence-corrected chi connectivity index (χ1v) is 7.33. The summed E-state index contributed by atoms with van der Waals surface area (Å²) in [6, 6.07) is 10.6. The molecular formula is C17H17FN2O. The van der Waals surface area contributed by atoms with E-state index in [0.29, 0.717) is 12.1 Å². The molecule has 0 N–H and O–H groups in total. The van der Waals surface area contributed by atoms with Crippen LogP contribution in [0.15, 0.2) is 36.5 Å². The topological polar surface area (TPSA) is 25.4 Å². The Morgan fingerprint density at radius 1 is 1.24 bits per heavy atom. The first-order valence-electron chi connectivity index (χ1n) is 7.33. The first kappa shape index (κ1) is 12.6. The van der Waals surface area contributed by atoms with Crippen LogP contribution in [0.25, 0.3) is 0 Å². The van der Waals surface area contributed by atoms with Crippen LogP contribution in [0.5, 0.6) is 5.75 Å². The number of hydrogen-bond acceptors (Lipinski definition) is 3. The molecule has 1 aromatic heterocycles. The normalized spacial score (nSPS) is 23.0. The highest BCUT2D eigenvalue weighted by atomic mass is 19.1. The quantitative estimate of drug-likeness (QED) is 0.789. The summed E-state index contributed by atoms with van der Waals surface area (Å²) in [5, 5.41) is 0. The molecule has 0 amide bonds. The first-order chi connectivity index (χ1) is 10.3. The Labute approximate surface area is 123 Å². The Hall–Kier alpha value is -2.10. The molecule has 0 saturated carbocycles. The van der Waals surface area contributed by atoms with E-state index in [2.05, 4.69) is 22.0 Å². The highest BCUT2D eigenvalue weighted by Crippen LogP contribution is 2.46. The van der Waals surface area contributed by atoms with Crippen LogP contribution in [0.3, 0.4) is 0 Å². The van der Waals surface area contributed by atoms with E-state index in [9.17, 15) is 4.39 Å². The van der Waals surface area contributed by atoms with Gasteiger partial charge in [0.1, 0.15) is 5.75 Å². The number of pyridine rings is 1. The minimum Gasteiger partial charge on any atom is -0.497 e. The number of benzene rings is 1. The van der Waals surface area contributed by atoms with Crippen molar-refractivity contribution in [1.82, 2.24) is 4.98 Å². The SMILES string of the molecule is COc1ccc(N2C3CC[C@@H]2c2cnc(F)cc2C3)cc1. The van der Waals surface area contributed by atoms with Crippen LogP contribution in [0.2, 0.25) is 0 Å². The fourth-order valence-electron chi connectivity index (χ4n) is 3.74. The zero-order chi connectivity index (χ0) is 14.4. The monoisotopic (exact) mass is 284 g/mol. The van der Waals surface area contributed by atoms with E-state index in [0.717, 1.165) is 30.6 Å². The fourth-order valence-corrected chi connectivity index (χ4v) is 3.74. The second kappa shape index (κ2) is 4.72. The van der Waals surface area contributed by atoms with E-state index < -0.39 is 0 Å². The van der Waals surface area contributed by atoms with Crippen LogP contribution in [-0.4, -0.2) is 18.1 Å². The average molecular weight is 284 g/mol. The van der Waals surface area contributed by atoms with Crippen molar-refractivity contribution < 1.29 is 9.13 Å². The molecule has 3 nitrogen and oxygen atoms in total. The Morgan fingerprint density at radius 3 is 2.81 bits per heavy atom. The summed E-state index contributed by atoms with van der Waals surface area (Å²) in [7, 11) is 1.68. The van der Waals surface area contributed by atoms with E-state index in [1.807, 2.05) is 12.1 Å². The molecule has 1 unspecified atom stereocenters. The van der Waals surface area contributed by atoms with Crippen molar-refractivity contribution in [3.63, 3.8) is 0 Å². The maximum atomic E-state index is 13.3. The van der Waals surface area contributed by atoms with Gasteiger partial charge < -0.3 is 9.64 Å². The average Bonchev–Trinajstić information content (AvgIpc) is 2.82. The number of aromatic nitrogens is 1. The molecule has 2 aliphatic rings. The minimum absolute atomic E-state index is 0.320. The van der Waals surface area contributed by atoms with Crippen molar-refractivity contribution in [2.75, 3.05) is 12.0 Å². The summed E-state index contributed by atoms with van der Waals surface area (Å²) < 4.78 is 18.6. The molecule has 4 rings (SSSR count). The van der Waals surface area contributed by atoms with Crippen molar-refractivity contribution in [2.24, 2.45) is 0 Å². The van der Waals surface area contributed by atoms with E-state index in [1.165, 1.54) is 11.3 Å². The number of anilines is 1. The van der Waals surface area contributed by atoms with Gasteiger partial charge in [0.25, 0.3) is 0 Å². The van der Waals surface area contributed by atoms with Crippen LogP contribution in [-0.2, 0) is 6.42 Å². The lowest BCUT2D eigenvalue weighted by molar-refractivity contribution is 0.414. The zero-order valence-electron chi connectivity index (χ0n) is 11.9. The summed E-state index contributed by atoms with van der Waals surface area (Å²) in [5.74, 6) is 0.498. The second-order valence-electron chi connectivity index (χ2n) is 5.76. The lowest BCUT2D eigenvalue weighted by Crippen LogP contribution is -2.37. The van der Waals surface area contributed by atoms with Crippen molar-refractivity contribution in [3.8, 4) is 5.75 Å². The minimum atomic E-state index is -0.369. The van der Waals surface area contributed by atoms with Gasteiger partial charge in [-0.15, -0.1) is 0 Å². The second-order valence-corrected chi connectivity index (χ2v) is 5.76. The van der Waals surface area contributed by atoms with E-state index >= 15 is 0 Å². The maximum Gasteiger partial charge on any atom is 0.213 e. The Kier molecular flexibility index (Phi) is 2.84. The molecular weight excluding hydrogens is 267 g/mol. The number of rotatable bonds is 2. The molecule has 1 aromatic carbocycles. The Morgan fingerprint density at radius 2 is 2.05 bits per heavy atom. The van der Waals surface area contributed by atoms with Crippen molar-refractivity contribution in [2.45, 2.75) is 31.3 Å². The predicted octanol–water partition coefficient (Wildman–Crippen LogP) is 3.50. The number of ether oxygens (including phenoxy) is 1. The standard InChI is InChI=1S/C17H17FN2O/c1-21-14-5-2-12(3-6-14)20-13-4-7-16(20)15-10-19-17(18)9-11(15)8-13/h2-3,5-6,9-10,13,16H,4,7-8H2,1H3/t13?,16-/m1/s1. The van der Waals surface area contributed by atoms with Gasteiger partial charge >= 0.3 is 0 Å². The molecule has 4 heteroatoms. The number of nitrogens with zero attached hydrogens (tertiary/aromatic N) is 2. The third-order valence-electron chi connectivity index (χ3n) is 4.68. The summed E-state index contributed by atoms with van der Waals surface area (Å²) >= 11 is 0. The van der Waals surface area contributed by atoms with Crippen LogP contribution < -0.4 is 9.64 Å². The van der Waals surface area contributed by atoms with Gasteiger partial charge in [0, 0.05) is 17.9 Å². The van der Waals surface area contributed by atoms with Gasteiger partial charge in [0.2, 0.25) is 5.95 Å². The fraction of sp³-hybridized carbons (Fsp3) is 0.353. The van der Waals surface area contributed by atoms with E-state index in [4.69, 9.17) is 4.74 Å². The molecule has 2 aromatic rings. The van der Waals surface area contributed by atoms with Crippen LogP contribution in [0, 0.1) is 5.95 Å². The number of fused-ring (bicyclic) bond motifs is 4. The Bertz CT molecular complexity index is 671. The van der Waals surface area contributed by atoms with Gasteiger partial charge in [0.15, 0.2) is 0 Å². The lowest BCUT2D eigenvalue weighted by atomic mass is 9.94. The number of methoxy groups -OCH3 is 1. The van der Waals surface area contributed by atoms with Gasteiger partial charge in [-0.1, -0.05) is 0 Å². The van der Waals surface area contributed by atoms with Crippen molar-refractivity contribution in [1.29, 1.82) is 0 Å². The molecule has 0 aliphatic carbocycles. The largest absolute Gasteiger partial charge is 0.497 e. The molecule has 1 fully saturated rings. The van der Waals surface area contributed by atoms with Gasteiger partial charge in [-0.2, -0.15) is 4.39 Å². The molecule has 21 heavy (non-hydrogen) atoms. The summed E-state index contributed by atoms with van der Waals surface area (Å²) in [5.41, 5.74) is 3.51. The molecule has 2 atom stereocenters. The molecule has 2 bridgehead atoms. The highest BCUT2D eigenvalue weighted by molar-refractivity contribution is 5.56. The smallest absolute Gasteiger partial charge is 0.213 e. The van der Waals surface area contributed by atoms with E-state index in [-0.39, 0.29) is 5.95 Å². The summed E-state index contributed by atoms with van der Waals surface area (Å²) in [6.45, 7) is 0. The van der Waals surface area contributed by atoms with Crippen LogP contribution in [0.1, 0.15) is 30.0 Å². The molecule has 1 saturated heterocycles. The molecule has 0 spiro atoms. The maximum absolute atomic E-state index is 13.3. The van der Waals surface area contributed by atoms with E-state index in [1.54, 1.807) is 19.4 Å². The predicted molar refractivity (Wildman–Crippen MR) is 79.1 cm³/mol. The Balaban J connectivity index is 1.73. The highest BCUT2D eigenvalue weighted by Gasteiger charge is 2.40. The third kappa shape index (κ3) is 1.97. The molecule has 0 radical (unpaired) electrons. The number of hydrogen-bond donors (Lipinski definition) is 0. The zero-order valence-corrected chi connectivity index (χ0v) is 11.9. The van der Waals surface area contributed by atoms with Gasteiger partial charge in [-0.05, 0) is 60.7 Å². The molecule has 108 valence electrons. The number of halogens is 1. The van der Waals surface area contributed by atoms with Crippen LogP contribution >= 0.6 is 0 Å². The van der Waals surface area contributed by atoms with Gasteiger partial charge in [-0.25, -0.2) is 4.98 Å². The lowest BCUT2D eigenvalue weighted by Gasteiger charge is -2.38.